The van der Waals surface area contributed by atoms with E-state index in [-0.39, 0.29) is 11.3 Å². The standard InChI is InChI=1S/C20H26N6O/c1-5-16-14(9-22-12-25-16)11-24-18-23-10-13(8-21)17(26-18)6-15-7-20(4,27)19(15,2)3/h9-10,12,15,27H,5-7,11H2,1-4H3,(H,23,24,26). The predicted molar refractivity (Wildman–Crippen MR) is 102 cm³/mol. The Morgan fingerprint density at radius 2 is 2.04 bits per heavy atom. The van der Waals surface area contributed by atoms with Crippen molar-refractivity contribution in [2.24, 2.45) is 11.3 Å². The van der Waals surface area contributed by atoms with Crippen molar-refractivity contribution in [2.75, 3.05) is 5.32 Å². The first kappa shape index (κ1) is 19.2. The van der Waals surface area contributed by atoms with Crippen molar-refractivity contribution < 1.29 is 5.11 Å². The number of hydrogen-bond donors (Lipinski definition) is 2. The highest BCUT2D eigenvalue weighted by molar-refractivity contribution is 5.38. The maximum absolute atomic E-state index is 10.4. The van der Waals surface area contributed by atoms with E-state index < -0.39 is 5.60 Å². The van der Waals surface area contributed by atoms with E-state index in [0.717, 1.165) is 23.4 Å². The molecule has 0 aromatic carbocycles. The molecule has 1 aliphatic rings. The van der Waals surface area contributed by atoms with Gasteiger partial charge < -0.3 is 10.4 Å². The van der Waals surface area contributed by atoms with E-state index in [0.29, 0.717) is 30.9 Å². The molecule has 0 spiro atoms. The van der Waals surface area contributed by atoms with Crippen LogP contribution in [0.1, 0.15) is 56.6 Å². The molecule has 7 nitrogen and oxygen atoms in total. The average molecular weight is 366 g/mol. The van der Waals surface area contributed by atoms with Gasteiger partial charge >= 0.3 is 0 Å². The summed E-state index contributed by atoms with van der Waals surface area (Å²) in [4.78, 5) is 17.2. The molecule has 1 saturated carbocycles. The van der Waals surface area contributed by atoms with Crippen LogP contribution in [-0.4, -0.2) is 30.6 Å². The van der Waals surface area contributed by atoms with Gasteiger partial charge in [0.25, 0.3) is 0 Å². The third kappa shape index (κ3) is 3.62. The number of aryl methyl sites for hydroxylation is 1. The van der Waals surface area contributed by atoms with Gasteiger partial charge in [0.15, 0.2) is 0 Å². The van der Waals surface area contributed by atoms with Crippen molar-refractivity contribution in [3.05, 3.63) is 41.2 Å². The molecular weight excluding hydrogens is 340 g/mol. The Hall–Kier alpha value is -2.59. The van der Waals surface area contributed by atoms with Crippen LogP contribution in [-0.2, 0) is 19.4 Å². The number of nitrogens with one attached hydrogen (secondary N) is 1. The number of hydrogen-bond acceptors (Lipinski definition) is 7. The lowest BCUT2D eigenvalue weighted by Gasteiger charge is -2.57. The van der Waals surface area contributed by atoms with Gasteiger partial charge in [-0.3, -0.25) is 0 Å². The quantitative estimate of drug-likeness (QED) is 0.809. The lowest BCUT2D eigenvalue weighted by molar-refractivity contribution is -0.181. The number of rotatable bonds is 6. The molecule has 0 radical (unpaired) electrons. The second kappa shape index (κ2) is 7.20. The predicted octanol–water partition coefficient (Wildman–Crippen LogP) is 2.65. The lowest BCUT2D eigenvalue weighted by Crippen LogP contribution is -2.59. The monoisotopic (exact) mass is 366 g/mol. The topological polar surface area (TPSA) is 108 Å². The second-order valence-electron chi connectivity index (χ2n) is 7.97. The van der Waals surface area contributed by atoms with Gasteiger partial charge in [0.1, 0.15) is 12.4 Å². The summed E-state index contributed by atoms with van der Waals surface area (Å²) in [6.07, 6.45) is 7.10. The summed E-state index contributed by atoms with van der Waals surface area (Å²) >= 11 is 0. The van der Waals surface area contributed by atoms with E-state index >= 15 is 0 Å². The van der Waals surface area contributed by atoms with Crippen LogP contribution in [0.15, 0.2) is 18.7 Å². The maximum Gasteiger partial charge on any atom is 0.223 e. The number of aliphatic hydroxyl groups is 1. The van der Waals surface area contributed by atoms with Gasteiger partial charge in [-0.2, -0.15) is 5.26 Å². The smallest absolute Gasteiger partial charge is 0.223 e. The van der Waals surface area contributed by atoms with Crippen molar-refractivity contribution in [3.8, 4) is 6.07 Å². The molecule has 3 rings (SSSR count). The molecule has 0 bridgehead atoms. The van der Waals surface area contributed by atoms with Crippen molar-refractivity contribution >= 4 is 5.95 Å². The Balaban J connectivity index is 1.75. The van der Waals surface area contributed by atoms with Crippen molar-refractivity contribution in [1.82, 2.24) is 19.9 Å². The van der Waals surface area contributed by atoms with Gasteiger partial charge in [-0.1, -0.05) is 20.8 Å². The normalized spacial score (nSPS) is 23.3. The third-order valence-corrected chi connectivity index (χ3v) is 6.13. The molecule has 27 heavy (non-hydrogen) atoms. The summed E-state index contributed by atoms with van der Waals surface area (Å²) in [5.41, 5.74) is 2.32. The SMILES string of the molecule is CCc1ncncc1CNc1ncc(C#N)c(CC2CC(C)(O)C2(C)C)n1. The summed E-state index contributed by atoms with van der Waals surface area (Å²) < 4.78 is 0. The molecule has 2 heterocycles. The lowest BCUT2D eigenvalue weighted by atomic mass is 9.51. The molecule has 2 aromatic heterocycles. The Kier molecular flexibility index (Phi) is 5.11. The summed E-state index contributed by atoms with van der Waals surface area (Å²) in [5, 5.41) is 23.0. The van der Waals surface area contributed by atoms with E-state index in [2.05, 4.69) is 52.1 Å². The second-order valence-corrected chi connectivity index (χ2v) is 7.97. The molecule has 7 heteroatoms. The zero-order chi connectivity index (χ0) is 19.7. The Bertz CT molecular complexity index is 871. The van der Waals surface area contributed by atoms with E-state index in [1.165, 1.54) is 0 Å². The molecule has 2 atom stereocenters. The van der Waals surface area contributed by atoms with Crippen LogP contribution in [0.25, 0.3) is 0 Å². The third-order valence-electron chi connectivity index (χ3n) is 6.13. The van der Waals surface area contributed by atoms with Crippen LogP contribution in [0.5, 0.6) is 0 Å². The first-order chi connectivity index (χ1) is 12.8. The zero-order valence-electron chi connectivity index (χ0n) is 16.3. The summed E-state index contributed by atoms with van der Waals surface area (Å²) in [7, 11) is 0. The fourth-order valence-corrected chi connectivity index (χ4v) is 3.64. The molecule has 2 aromatic rings. The van der Waals surface area contributed by atoms with Gasteiger partial charge in [0, 0.05) is 24.0 Å². The van der Waals surface area contributed by atoms with E-state index in [1.807, 2.05) is 6.92 Å². The molecular formula is C20H26N6O. The molecule has 2 unspecified atom stereocenters. The minimum Gasteiger partial charge on any atom is -0.390 e. The molecule has 1 fully saturated rings. The number of nitriles is 1. The molecule has 2 N–H and O–H groups in total. The van der Waals surface area contributed by atoms with Crippen molar-refractivity contribution in [2.45, 2.75) is 59.1 Å². The van der Waals surface area contributed by atoms with E-state index in [1.54, 1.807) is 18.7 Å². The average Bonchev–Trinajstić information content (AvgIpc) is 2.66. The first-order valence-electron chi connectivity index (χ1n) is 9.28. The van der Waals surface area contributed by atoms with Crippen LogP contribution in [0.3, 0.4) is 0 Å². The Morgan fingerprint density at radius 1 is 1.26 bits per heavy atom. The summed E-state index contributed by atoms with van der Waals surface area (Å²) in [5.74, 6) is 0.760. The van der Waals surface area contributed by atoms with Crippen LogP contribution < -0.4 is 5.32 Å². The molecule has 0 aliphatic heterocycles. The number of anilines is 1. The van der Waals surface area contributed by atoms with Crippen LogP contribution in [0, 0.1) is 22.7 Å². The van der Waals surface area contributed by atoms with Crippen molar-refractivity contribution in [1.29, 1.82) is 5.26 Å². The highest BCUT2D eigenvalue weighted by Gasteiger charge is 2.55. The van der Waals surface area contributed by atoms with Gasteiger partial charge in [-0.05, 0) is 37.5 Å². The Labute approximate surface area is 159 Å². The summed E-state index contributed by atoms with van der Waals surface area (Å²) in [6.45, 7) is 8.58. The van der Waals surface area contributed by atoms with Crippen molar-refractivity contribution in [3.63, 3.8) is 0 Å². The fourth-order valence-electron chi connectivity index (χ4n) is 3.64. The van der Waals surface area contributed by atoms with Gasteiger partial charge in [0.05, 0.1) is 23.1 Å². The maximum atomic E-state index is 10.4. The largest absolute Gasteiger partial charge is 0.390 e. The number of aromatic nitrogens is 4. The van der Waals surface area contributed by atoms with Crippen LogP contribution >= 0.6 is 0 Å². The first-order valence-corrected chi connectivity index (χ1v) is 9.28. The number of nitrogens with zero attached hydrogens (tertiary/aromatic N) is 5. The summed E-state index contributed by atoms with van der Waals surface area (Å²) in [6, 6.07) is 2.18. The Morgan fingerprint density at radius 3 is 2.67 bits per heavy atom. The van der Waals surface area contributed by atoms with Gasteiger partial charge in [0.2, 0.25) is 5.95 Å². The van der Waals surface area contributed by atoms with E-state index in [9.17, 15) is 10.4 Å². The zero-order valence-corrected chi connectivity index (χ0v) is 16.3. The minimum atomic E-state index is -0.678. The highest BCUT2D eigenvalue weighted by atomic mass is 16.3. The van der Waals surface area contributed by atoms with Gasteiger partial charge in [-0.25, -0.2) is 19.9 Å². The van der Waals surface area contributed by atoms with Crippen LogP contribution in [0.4, 0.5) is 5.95 Å². The van der Waals surface area contributed by atoms with Crippen LogP contribution in [0.2, 0.25) is 0 Å². The minimum absolute atomic E-state index is 0.213. The highest BCUT2D eigenvalue weighted by Crippen LogP contribution is 2.55. The van der Waals surface area contributed by atoms with Gasteiger partial charge in [-0.15, -0.1) is 0 Å². The van der Waals surface area contributed by atoms with E-state index in [4.69, 9.17) is 0 Å². The molecule has 0 amide bonds. The fraction of sp³-hybridized carbons (Fsp3) is 0.550. The molecule has 142 valence electrons. The molecule has 0 saturated heterocycles. The molecule has 1 aliphatic carbocycles.